The number of hydrogen-bond acceptors (Lipinski definition) is 2. The highest BCUT2D eigenvalue weighted by Crippen LogP contribution is 2.32. The Hall–Kier alpha value is -1.35. The molecule has 0 N–H and O–H groups in total. The van der Waals surface area contributed by atoms with Crippen molar-refractivity contribution in [1.82, 2.24) is 4.90 Å². The third-order valence-electron chi connectivity index (χ3n) is 4.48. The Morgan fingerprint density at radius 3 is 2.75 bits per heavy atom. The van der Waals surface area contributed by atoms with E-state index in [2.05, 4.69) is 11.0 Å². The van der Waals surface area contributed by atoms with Gasteiger partial charge in [0.25, 0.3) is 0 Å². The smallest absolute Gasteiger partial charge is 0.165 e. The molecule has 2 aliphatic rings. The van der Waals surface area contributed by atoms with Gasteiger partial charge >= 0.3 is 0 Å². The molecule has 1 aliphatic carbocycles. The topological polar surface area (TPSA) is 12.5 Å². The van der Waals surface area contributed by atoms with Gasteiger partial charge in [0.05, 0.1) is 7.11 Å². The summed E-state index contributed by atoms with van der Waals surface area (Å²) in [5.74, 6) is 0.0354. The monoisotopic (exact) mass is 275 g/mol. The minimum absolute atomic E-state index is 0.279. The molecule has 0 amide bonds. The van der Waals surface area contributed by atoms with Crippen LogP contribution in [0.2, 0.25) is 0 Å². The van der Waals surface area contributed by atoms with Gasteiger partial charge in [-0.3, -0.25) is 4.90 Å². The molecule has 1 unspecified atom stereocenters. The highest BCUT2D eigenvalue weighted by atomic mass is 19.1. The van der Waals surface area contributed by atoms with Crippen LogP contribution in [-0.2, 0) is 0 Å². The quantitative estimate of drug-likeness (QED) is 0.830. The summed E-state index contributed by atoms with van der Waals surface area (Å²) in [4.78, 5) is 2.56. The minimum Gasteiger partial charge on any atom is -0.494 e. The molecule has 0 radical (unpaired) electrons. The molecule has 1 aromatic rings. The van der Waals surface area contributed by atoms with Crippen LogP contribution < -0.4 is 4.74 Å². The van der Waals surface area contributed by atoms with Crippen LogP contribution in [-0.4, -0.2) is 31.1 Å². The first kappa shape index (κ1) is 13.6. The van der Waals surface area contributed by atoms with Crippen LogP contribution >= 0.6 is 0 Å². The summed E-state index contributed by atoms with van der Waals surface area (Å²) in [6.07, 6.45) is 8.48. The fourth-order valence-electron chi connectivity index (χ4n) is 3.24. The van der Waals surface area contributed by atoms with E-state index in [9.17, 15) is 4.39 Å². The Morgan fingerprint density at radius 1 is 1.25 bits per heavy atom. The van der Waals surface area contributed by atoms with Crippen LogP contribution in [0.5, 0.6) is 5.75 Å². The van der Waals surface area contributed by atoms with E-state index in [1.54, 1.807) is 12.1 Å². The van der Waals surface area contributed by atoms with Crippen molar-refractivity contribution >= 4 is 6.08 Å². The number of methoxy groups -OCH3 is 1. The number of likely N-dealkylation sites (tertiary alicyclic amines) is 1. The van der Waals surface area contributed by atoms with Crippen LogP contribution in [0, 0.1) is 5.82 Å². The molecule has 1 heterocycles. The first-order valence-electron chi connectivity index (χ1n) is 7.56. The summed E-state index contributed by atoms with van der Waals surface area (Å²) in [5, 5.41) is 0. The molecule has 2 nitrogen and oxygen atoms in total. The molecule has 0 spiro atoms. The Labute approximate surface area is 120 Å². The maximum atomic E-state index is 13.8. The standard InChI is InChI=1S/C17H22FNO/c1-20-17-8-7-13(12-15(17)18)11-14-5-2-3-6-16(14)19-9-4-10-19/h7-8,11-12,16H,2-6,9-10H2,1H3. The second-order valence-corrected chi connectivity index (χ2v) is 5.76. The Morgan fingerprint density at radius 2 is 2.10 bits per heavy atom. The fourth-order valence-corrected chi connectivity index (χ4v) is 3.24. The SMILES string of the molecule is COc1ccc(C=C2CCCCC2N2CCC2)cc1F. The first-order valence-corrected chi connectivity index (χ1v) is 7.56. The predicted octanol–water partition coefficient (Wildman–Crippen LogP) is 3.87. The molecule has 1 atom stereocenters. The summed E-state index contributed by atoms with van der Waals surface area (Å²) in [5.41, 5.74) is 2.42. The van der Waals surface area contributed by atoms with E-state index in [1.165, 1.54) is 51.5 Å². The maximum Gasteiger partial charge on any atom is 0.165 e. The number of nitrogens with zero attached hydrogens (tertiary/aromatic N) is 1. The zero-order valence-corrected chi connectivity index (χ0v) is 12.1. The molecule has 1 saturated carbocycles. The lowest BCUT2D eigenvalue weighted by molar-refractivity contribution is 0.121. The largest absolute Gasteiger partial charge is 0.494 e. The van der Waals surface area contributed by atoms with Crippen molar-refractivity contribution in [1.29, 1.82) is 0 Å². The molecule has 1 aromatic carbocycles. The summed E-state index contributed by atoms with van der Waals surface area (Å²) < 4.78 is 18.7. The highest BCUT2D eigenvalue weighted by Gasteiger charge is 2.28. The number of benzene rings is 1. The van der Waals surface area contributed by atoms with Crippen molar-refractivity contribution in [2.75, 3.05) is 20.2 Å². The van der Waals surface area contributed by atoms with Crippen LogP contribution in [0.4, 0.5) is 4.39 Å². The average Bonchev–Trinajstić information content (AvgIpc) is 2.39. The van der Waals surface area contributed by atoms with E-state index in [4.69, 9.17) is 4.74 Å². The average molecular weight is 275 g/mol. The van der Waals surface area contributed by atoms with Gasteiger partial charge in [0, 0.05) is 6.04 Å². The molecule has 3 rings (SSSR count). The summed E-state index contributed by atoms with van der Waals surface area (Å²) in [6, 6.07) is 5.82. The Bertz CT molecular complexity index is 508. The van der Waals surface area contributed by atoms with Gasteiger partial charge in [0.1, 0.15) is 0 Å². The predicted molar refractivity (Wildman–Crippen MR) is 79.4 cm³/mol. The van der Waals surface area contributed by atoms with Crippen LogP contribution in [0.1, 0.15) is 37.7 Å². The van der Waals surface area contributed by atoms with Gasteiger partial charge in [0.15, 0.2) is 11.6 Å². The zero-order valence-electron chi connectivity index (χ0n) is 12.1. The van der Waals surface area contributed by atoms with Crippen LogP contribution in [0.3, 0.4) is 0 Å². The van der Waals surface area contributed by atoms with Gasteiger partial charge in [-0.1, -0.05) is 24.1 Å². The number of ether oxygens (including phenoxy) is 1. The fraction of sp³-hybridized carbons (Fsp3) is 0.529. The number of halogens is 1. The van der Waals surface area contributed by atoms with Crippen molar-refractivity contribution in [3.05, 3.63) is 35.2 Å². The normalized spacial score (nSPS) is 25.5. The maximum absolute atomic E-state index is 13.8. The molecule has 0 aromatic heterocycles. The minimum atomic E-state index is -0.279. The van der Waals surface area contributed by atoms with Gasteiger partial charge < -0.3 is 4.74 Å². The van der Waals surface area contributed by atoms with Gasteiger partial charge in [-0.25, -0.2) is 4.39 Å². The summed E-state index contributed by atoms with van der Waals surface area (Å²) in [7, 11) is 1.50. The third kappa shape index (κ3) is 2.73. The lowest BCUT2D eigenvalue weighted by Crippen LogP contribution is -2.46. The van der Waals surface area contributed by atoms with E-state index < -0.39 is 0 Å². The second kappa shape index (κ2) is 5.96. The van der Waals surface area contributed by atoms with Gasteiger partial charge in [-0.2, -0.15) is 0 Å². The molecule has 1 aliphatic heterocycles. The Balaban J connectivity index is 1.82. The Kier molecular flexibility index (Phi) is 4.06. The number of rotatable bonds is 3. The van der Waals surface area contributed by atoms with Gasteiger partial charge in [-0.05, 0) is 56.5 Å². The van der Waals surface area contributed by atoms with Gasteiger partial charge in [-0.15, -0.1) is 0 Å². The molecule has 108 valence electrons. The first-order chi connectivity index (χ1) is 9.78. The van der Waals surface area contributed by atoms with Crippen molar-refractivity contribution in [2.45, 2.75) is 38.1 Å². The lowest BCUT2D eigenvalue weighted by atomic mass is 9.86. The van der Waals surface area contributed by atoms with Crippen molar-refractivity contribution in [3.63, 3.8) is 0 Å². The molecule has 2 fully saturated rings. The van der Waals surface area contributed by atoms with Crippen LogP contribution in [0.25, 0.3) is 6.08 Å². The molecule has 1 saturated heterocycles. The lowest BCUT2D eigenvalue weighted by Gasteiger charge is -2.42. The van der Waals surface area contributed by atoms with E-state index in [0.717, 1.165) is 12.0 Å². The van der Waals surface area contributed by atoms with E-state index in [-0.39, 0.29) is 5.82 Å². The zero-order chi connectivity index (χ0) is 13.9. The number of hydrogen-bond donors (Lipinski definition) is 0. The van der Waals surface area contributed by atoms with Crippen molar-refractivity contribution in [2.24, 2.45) is 0 Å². The molecule has 3 heteroatoms. The van der Waals surface area contributed by atoms with E-state index >= 15 is 0 Å². The van der Waals surface area contributed by atoms with Crippen LogP contribution in [0.15, 0.2) is 23.8 Å². The van der Waals surface area contributed by atoms with Crippen molar-refractivity contribution in [3.8, 4) is 5.75 Å². The molecule has 20 heavy (non-hydrogen) atoms. The molecule has 0 bridgehead atoms. The highest BCUT2D eigenvalue weighted by molar-refractivity contribution is 5.56. The van der Waals surface area contributed by atoms with E-state index in [0.29, 0.717) is 11.8 Å². The van der Waals surface area contributed by atoms with Crippen molar-refractivity contribution < 1.29 is 9.13 Å². The second-order valence-electron chi connectivity index (χ2n) is 5.76. The molecular formula is C17H22FNO. The summed E-state index contributed by atoms with van der Waals surface area (Å²) in [6.45, 7) is 2.44. The third-order valence-corrected chi connectivity index (χ3v) is 4.48. The summed E-state index contributed by atoms with van der Waals surface area (Å²) >= 11 is 0. The van der Waals surface area contributed by atoms with Gasteiger partial charge in [0.2, 0.25) is 0 Å². The van der Waals surface area contributed by atoms with E-state index in [1.807, 2.05) is 6.07 Å². The molecular weight excluding hydrogens is 253 g/mol.